The zero-order chi connectivity index (χ0) is 40.8. The maximum absolute atomic E-state index is 13.3. The summed E-state index contributed by atoms with van der Waals surface area (Å²) in [5.41, 5.74) is 5.37. The van der Waals surface area contributed by atoms with Crippen LogP contribution in [0.15, 0.2) is 41.4 Å². The number of nitrogens with zero attached hydrogens (tertiary/aromatic N) is 2. The molecule has 5 N–H and O–H groups in total. The van der Waals surface area contributed by atoms with Gasteiger partial charge in [-0.15, -0.1) is 0 Å². The second kappa shape index (κ2) is 42.7. The number of anilines is 1. The molecule has 1 heterocycles. The second-order valence-electron chi connectivity index (χ2n) is 12.1. The number of carboxylic acids is 2. The normalized spacial score (nSPS) is 10.7. The average molecular weight is 1040 g/mol. The van der Waals surface area contributed by atoms with E-state index in [-0.39, 0.29) is 202 Å². The summed E-state index contributed by atoms with van der Waals surface area (Å²) < 4.78 is 13.3. The monoisotopic (exact) mass is 1040 g/mol. The Balaban J connectivity index is -0.000000168. The van der Waals surface area contributed by atoms with E-state index in [9.17, 15) is 33.2 Å². The molecule has 1 unspecified atom stereocenters. The van der Waals surface area contributed by atoms with Crippen LogP contribution in [0.3, 0.4) is 0 Å². The molecule has 310 valence electrons. The number of aliphatic imine (C=N–C) groups is 1. The molecule has 1 atom stereocenters. The molecule has 2 aromatic rings. The number of carboxylic acid groups (broad SMARTS) is 2. The molecule has 1 aliphatic rings. The molecule has 0 bridgehead atoms. The minimum Gasteiger partial charge on any atom is -0.481 e. The quantitative estimate of drug-likeness (QED) is 0.0938. The van der Waals surface area contributed by atoms with Crippen molar-refractivity contribution in [2.75, 3.05) is 25.0 Å². The fraction of sp³-hybridized carbons (Fsp3) is 0.450. The van der Waals surface area contributed by atoms with Crippen LogP contribution in [0.4, 0.5) is 10.1 Å². The molecule has 17 heteroatoms. The van der Waals surface area contributed by atoms with Crippen molar-refractivity contribution in [3.8, 4) is 0 Å². The van der Waals surface area contributed by atoms with Crippen molar-refractivity contribution in [3.63, 3.8) is 0 Å². The fourth-order valence-corrected chi connectivity index (χ4v) is 4.51. The summed E-state index contributed by atoms with van der Waals surface area (Å²) in [6.45, 7) is 14.7. The summed E-state index contributed by atoms with van der Waals surface area (Å²) in [7, 11) is 0. The number of carbonyl (C=O) groups excluding carboxylic acids is 5. The molecule has 1 aliphatic heterocycles. The molecule has 0 saturated heterocycles. The van der Waals surface area contributed by atoms with E-state index in [1.165, 1.54) is 35.2 Å². The third-order valence-corrected chi connectivity index (χ3v) is 6.78. The zero-order valence-electron chi connectivity index (χ0n) is 35.8. The molecule has 0 radical (unpaired) electrons. The van der Waals surface area contributed by atoms with Crippen LogP contribution in [0.2, 0.25) is 0 Å². The van der Waals surface area contributed by atoms with Crippen molar-refractivity contribution in [2.24, 2.45) is 4.99 Å². The van der Waals surface area contributed by atoms with Gasteiger partial charge in [0, 0.05) is 38.2 Å². The summed E-state index contributed by atoms with van der Waals surface area (Å²) in [6.07, 6.45) is 5.57. The first-order chi connectivity index (χ1) is 25.1. The van der Waals surface area contributed by atoms with Crippen molar-refractivity contribution >= 4 is 54.8 Å². The SMILES string of the molecule is CC(=O)O.CC(CCCC(=O)O)NC(=O)CNc1ccc(F)cc1C(C)C.CCC.Cc1ccc2c(c1)CCN(C(=O)CNC=O)C2.O=CC=NC=O.[CH3-].[CH3-].[Cs+].[Cs+]. The molecule has 57 heavy (non-hydrogen) atoms. The van der Waals surface area contributed by atoms with Crippen LogP contribution in [0.1, 0.15) is 95.4 Å². The number of rotatable bonds is 14. The van der Waals surface area contributed by atoms with E-state index in [0.717, 1.165) is 37.4 Å². The van der Waals surface area contributed by atoms with E-state index >= 15 is 0 Å². The smallest absolute Gasteiger partial charge is 0.481 e. The van der Waals surface area contributed by atoms with E-state index in [4.69, 9.17) is 15.0 Å². The van der Waals surface area contributed by atoms with Crippen LogP contribution >= 0.6 is 0 Å². The van der Waals surface area contributed by atoms with Gasteiger partial charge < -0.3 is 45.9 Å². The van der Waals surface area contributed by atoms with Gasteiger partial charge in [0.1, 0.15) is 5.82 Å². The second-order valence-corrected chi connectivity index (χ2v) is 12.1. The standard InChI is InChI=1S/C17H25FN2O3.C13H16N2O2.C3H3NO2.C3H8.C2H4O2.2CH3.2Cs/c1-11(2)14-9-13(18)7-8-15(14)19-10-16(21)20-12(3)5-4-6-17(22)23;1-10-2-3-12-8-15(5-4-11(12)6-10)13(17)7-14-9-16;5-2-1-4-3-6;1-3-2;1-2(3)4;;;;/h7-9,11-12,19H,4-6,10H2,1-3H3,(H,20,21)(H,22,23);2-3,6,9H,4-5,7-8H2,1H3,(H,14,16);1-3H;3H2,1-2H3;1H3,(H,3,4);2*1H3;;/q;;;;;2*-1;2*+1. The van der Waals surface area contributed by atoms with Gasteiger partial charge in [0.25, 0.3) is 5.97 Å². The molecule has 0 saturated carbocycles. The number of fused-ring (bicyclic) bond motifs is 1. The first-order valence-electron chi connectivity index (χ1n) is 17.2. The van der Waals surface area contributed by atoms with E-state index < -0.39 is 11.9 Å². The van der Waals surface area contributed by atoms with Crippen molar-refractivity contribution < 1.29 is 186 Å². The summed E-state index contributed by atoms with van der Waals surface area (Å²) in [5.74, 6) is -2.01. The van der Waals surface area contributed by atoms with Gasteiger partial charge in [0.2, 0.25) is 24.6 Å². The van der Waals surface area contributed by atoms with Crippen LogP contribution in [-0.2, 0) is 46.5 Å². The van der Waals surface area contributed by atoms with Crippen LogP contribution in [-0.4, -0.2) is 89.9 Å². The molecule has 0 aromatic heterocycles. The summed E-state index contributed by atoms with van der Waals surface area (Å²) in [6, 6.07) is 10.7. The Morgan fingerprint density at radius 2 is 1.54 bits per heavy atom. The largest absolute Gasteiger partial charge is 1.00 e. The average Bonchev–Trinajstić information content (AvgIpc) is 3.09. The van der Waals surface area contributed by atoms with E-state index in [0.29, 0.717) is 38.5 Å². The maximum Gasteiger partial charge on any atom is 1.00 e. The van der Waals surface area contributed by atoms with Crippen LogP contribution in [0.25, 0.3) is 0 Å². The van der Waals surface area contributed by atoms with Gasteiger partial charge in [-0.05, 0) is 73.9 Å². The van der Waals surface area contributed by atoms with Crippen molar-refractivity contribution in [2.45, 2.75) is 99.1 Å². The van der Waals surface area contributed by atoms with Crippen LogP contribution in [0.5, 0.6) is 0 Å². The number of hydrogen-bond acceptors (Lipinski definition) is 8. The summed E-state index contributed by atoms with van der Waals surface area (Å²) >= 11 is 0. The maximum atomic E-state index is 13.3. The predicted molar refractivity (Wildman–Crippen MR) is 215 cm³/mol. The van der Waals surface area contributed by atoms with Gasteiger partial charge in [-0.2, -0.15) is 0 Å². The van der Waals surface area contributed by atoms with Crippen LogP contribution < -0.4 is 154 Å². The summed E-state index contributed by atoms with van der Waals surface area (Å²) in [4.78, 5) is 76.4. The first-order valence-corrected chi connectivity index (χ1v) is 17.2. The van der Waals surface area contributed by atoms with E-state index in [1.807, 2.05) is 20.8 Å². The number of nitrogens with one attached hydrogen (secondary N) is 3. The summed E-state index contributed by atoms with van der Waals surface area (Å²) in [5, 5.41) is 24.3. The van der Waals surface area contributed by atoms with Crippen molar-refractivity contribution in [1.29, 1.82) is 0 Å². The number of aldehydes is 1. The number of halogens is 1. The molecule has 2 aromatic carbocycles. The van der Waals surface area contributed by atoms with Gasteiger partial charge in [-0.25, -0.2) is 9.38 Å². The van der Waals surface area contributed by atoms with Gasteiger partial charge in [0.15, 0.2) is 6.29 Å². The van der Waals surface area contributed by atoms with E-state index in [1.54, 1.807) is 11.0 Å². The number of benzene rings is 2. The third-order valence-electron chi connectivity index (χ3n) is 6.78. The number of aliphatic carboxylic acids is 2. The Bertz CT molecular complexity index is 1470. The number of carbonyl (C=O) groups is 7. The molecule has 14 nitrogen and oxygen atoms in total. The molecule has 3 rings (SSSR count). The van der Waals surface area contributed by atoms with Gasteiger partial charge in [0.05, 0.1) is 19.3 Å². The predicted octanol–water partition coefficient (Wildman–Crippen LogP) is -0.425. The minimum absolute atomic E-state index is 0. The Labute approximate surface area is 457 Å². The Morgan fingerprint density at radius 3 is 2.04 bits per heavy atom. The third kappa shape index (κ3) is 37.4. The van der Waals surface area contributed by atoms with Gasteiger partial charge >= 0.3 is 144 Å². The van der Waals surface area contributed by atoms with Crippen molar-refractivity contribution in [1.82, 2.24) is 15.5 Å². The molecule has 4 amide bonds. The Kier molecular flexibility index (Phi) is 50.6. The minimum atomic E-state index is -0.833. The number of amides is 4. The van der Waals surface area contributed by atoms with Gasteiger partial charge in [-0.3, -0.25) is 33.6 Å². The zero-order valence-corrected chi connectivity index (χ0v) is 48.4. The van der Waals surface area contributed by atoms with Crippen LogP contribution in [0, 0.1) is 27.6 Å². The topological polar surface area (TPSA) is 212 Å². The van der Waals surface area contributed by atoms with Crippen molar-refractivity contribution in [3.05, 3.63) is 79.3 Å². The Morgan fingerprint density at radius 1 is 0.947 bits per heavy atom. The molecule has 0 spiro atoms. The molecule has 0 aliphatic carbocycles. The Hall–Kier alpha value is -1.37. The number of hydrogen-bond donors (Lipinski definition) is 5. The van der Waals surface area contributed by atoms with E-state index in [2.05, 4.69) is 59.9 Å². The molecule has 0 fully saturated rings. The molecular weight excluding hydrogens is 979 g/mol. The van der Waals surface area contributed by atoms with Gasteiger partial charge in [-0.1, -0.05) is 57.9 Å². The fourth-order valence-electron chi connectivity index (χ4n) is 4.51. The number of aryl methyl sites for hydroxylation is 1. The first kappa shape index (κ1) is 67.4. The molecular formula is C40H62Cs2FN5O9.